The average Bonchev–Trinajstić information content (AvgIpc) is 3.31. The number of fused-ring (bicyclic) bond motifs is 1. The van der Waals surface area contributed by atoms with E-state index in [0.29, 0.717) is 12.5 Å². The van der Waals surface area contributed by atoms with Gasteiger partial charge in [0, 0.05) is 24.4 Å². The van der Waals surface area contributed by atoms with Gasteiger partial charge in [0.25, 0.3) is 0 Å². The molecule has 27 heavy (non-hydrogen) atoms. The molecular weight excluding hydrogens is 358 g/mol. The SMILES string of the molecule is CC(C)c1ccc(NC(=O)/N=C2/CCN(c3ncnc4ccsc34)C2)cc1. The normalized spacial score (nSPS) is 15.8. The van der Waals surface area contributed by atoms with Gasteiger partial charge in [0.05, 0.1) is 16.8 Å². The maximum atomic E-state index is 12.3. The van der Waals surface area contributed by atoms with Gasteiger partial charge in [-0.05, 0) is 35.1 Å². The fourth-order valence-electron chi connectivity index (χ4n) is 3.16. The topological polar surface area (TPSA) is 70.5 Å². The largest absolute Gasteiger partial charge is 0.349 e. The van der Waals surface area contributed by atoms with E-state index in [9.17, 15) is 4.79 Å². The Morgan fingerprint density at radius 2 is 2.04 bits per heavy atom. The van der Waals surface area contributed by atoms with Crippen LogP contribution in [0.2, 0.25) is 0 Å². The molecule has 2 aromatic heterocycles. The monoisotopic (exact) mass is 379 g/mol. The van der Waals surface area contributed by atoms with Crippen LogP contribution in [0.5, 0.6) is 0 Å². The lowest BCUT2D eigenvalue weighted by Gasteiger charge is -2.15. The van der Waals surface area contributed by atoms with Crippen LogP contribution < -0.4 is 10.2 Å². The molecule has 1 fully saturated rings. The second-order valence-electron chi connectivity index (χ2n) is 6.89. The fourth-order valence-corrected chi connectivity index (χ4v) is 4.02. The Kier molecular flexibility index (Phi) is 4.85. The van der Waals surface area contributed by atoms with Gasteiger partial charge in [-0.1, -0.05) is 26.0 Å². The quantitative estimate of drug-likeness (QED) is 0.716. The van der Waals surface area contributed by atoms with Gasteiger partial charge >= 0.3 is 6.03 Å². The first kappa shape index (κ1) is 17.6. The molecule has 138 valence electrons. The number of carbonyl (C=O) groups excluding carboxylic acids is 1. The summed E-state index contributed by atoms with van der Waals surface area (Å²) in [4.78, 5) is 27.4. The summed E-state index contributed by atoms with van der Waals surface area (Å²) in [5, 5.41) is 4.87. The van der Waals surface area contributed by atoms with E-state index in [1.807, 2.05) is 35.7 Å². The van der Waals surface area contributed by atoms with Gasteiger partial charge in [-0.25, -0.2) is 19.8 Å². The number of hydrogen-bond acceptors (Lipinski definition) is 5. The molecule has 1 N–H and O–H groups in total. The van der Waals surface area contributed by atoms with E-state index in [2.05, 4.69) is 39.0 Å². The number of rotatable bonds is 3. The van der Waals surface area contributed by atoms with Gasteiger partial charge in [0.1, 0.15) is 12.1 Å². The van der Waals surface area contributed by atoms with Crippen molar-refractivity contribution in [2.45, 2.75) is 26.2 Å². The number of benzene rings is 1. The predicted molar refractivity (Wildman–Crippen MR) is 111 cm³/mol. The van der Waals surface area contributed by atoms with Crippen molar-refractivity contribution in [3.63, 3.8) is 0 Å². The molecule has 2 amide bonds. The Morgan fingerprint density at radius 3 is 2.81 bits per heavy atom. The number of aromatic nitrogens is 2. The van der Waals surface area contributed by atoms with Crippen molar-refractivity contribution in [3.05, 3.63) is 47.6 Å². The van der Waals surface area contributed by atoms with Crippen molar-refractivity contribution in [3.8, 4) is 0 Å². The molecule has 1 aliphatic rings. The van der Waals surface area contributed by atoms with Crippen molar-refractivity contribution in [2.24, 2.45) is 4.99 Å². The zero-order chi connectivity index (χ0) is 18.8. The summed E-state index contributed by atoms with van der Waals surface area (Å²) < 4.78 is 1.08. The summed E-state index contributed by atoms with van der Waals surface area (Å²) in [5.74, 6) is 1.39. The van der Waals surface area contributed by atoms with Crippen molar-refractivity contribution in [1.82, 2.24) is 9.97 Å². The van der Waals surface area contributed by atoms with Crippen LogP contribution >= 0.6 is 11.3 Å². The number of amides is 2. The molecule has 0 radical (unpaired) electrons. The van der Waals surface area contributed by atoms with Crippen LogP contribution in [0.15, 0.2) is 47.0 Å². The first-order valence-corrected chi connectivity index (χ1v) is 9.88. The van der Waals surface area contributed by atoms with Gasteiger partial charge < -0.3 is 10.2 Å². The molecule has 3 heterocycles. The average molecular weight is 379 g/mol. The number of carbonyl (C=O) groups is 1. The smallest absolute Gasteiger partial charge is 0.345 e. The van der Waals surface area contributed by atoms with Crippen LogP contribution in [0, 0.1) is 0 Å². The summed E-state index contributed by atoms with van der Waals surface area (Å²) in [5.41, 5.74) is 3.84. The van der Waals surface area contributed by atoms with E-state index < -0.39 is 0 Å². The van der Waals surface area contributed by atoms with Gasteiger partial charge in [-0.2, -0.15) is 0 Å². The summed E-state index contributed by atoms with van der Waals surface area (Å²) in [6.07, 6.45) is 2.35. The molecule has 3 aromatic rings. The molecule has 0 saturated carbocycles. The van der Waals surface area contributed by atoms with E-state index >= 15 is 0 Å². The number of nitrogens with one attached hydrogen (secondary N) is 1. The third-order valence-electron chi connectivity index (χ3n) is 4.66. The lowest BCUT2D eigenvalue weighted by molar-refractivity contribution is 0.259. The second kappa shape index (κ2) is 7.44. The van der Waals surface area contributed by atoms with Crippen molar-refractivity contribution < 1.29 is 4.79 Å². The minimum absolute atomic E-state index is 0.326. The maximum absolute atomic E-state index is 12.3. The molecule has 0 bridgehead atoms. The first-order chi connectivity index (χ1) is 13.1. The van der Waals surface area contributed by atoms with E-state index in [-0.39, 0.29) is 6.03 Å². The van der Waals surface area contributed by atoms with Crippen LogP contribution in [-0.2, 0) is 0 Å². The number of urea groups is 1. The van der Waals surface area contributed by atoms with E-state index in [1.165, 1.54) is 5.56 Å². The lowest BCUT2D eigenvalue weighted by Crippen LogP contribution is -2.21. The molecule has 4 rings (SSSR count). The Morgan fingerprint density at radius 1 is 1.22 bits per heavy atom. The third kappa shape index (κ3) is 3.83. The second-order valence-corrected chi connectivity index (χ2v) is 7.80. The Bertz CT molecular complexity index is 993. The molecule has 0 spiro atoms. The van der Waals surface area contributed by atoms with Gasteiger partial charge in [-0.15, -0.1) is 11.3 Å². The Hall–Kier alpha value is -2.80. The molecule has 7 heteroatoms. The summed E-state index contributed by atoms with van der Waals surface area (Å²) in [6, 6.07) is 9.58. The number of nitrogens with zero attached hydrogens (tertiary/aromatic N) is 4. The highest BCUT2D eigenvalue weighted by Crippen LogP contribution is 2.29. The molecule has 1 aromatic carbocycles. The van der Waals surface area contributed by atoms with Crippen molar-refractivity contribution >= 4 is 44.8 Å². The first-order valence-electron chi connectivity index (χ1n) is 9.00. The number of hydrogen-bond donors (Lipinski definition) is 1. The molecular formula is C20H21N5OS. The van der Waals surface area contributed by atoms with Crippen LogP contribution in [0.4, 0.5) is 16.3 Å². The Labute approximate surface area is 162 Å². The van der Waals surface area contributed by atoms with Crippen molar-refractivity contribution in [2.75, 3.05) is 23.3 Å². The van der Waals surface area contributed by atoms with Gasteiger partial charge in [0.15, 0.2) is 0 Å². The molecule has 6 nitrogen and oxygen atoms in total. The van der Waals surface area contributed by atoms with Gasteiger partial charge in [0.2, 0.25) is 0 Å². The minimum atomic E-state index is -0.326. The van der Waals surface area contributed by atoms with E-state index in [4.69, 9.17) is 0 Å². The number of anilines is 2. The summed E-state index contributed by atoms with van der Waals surface area (Å²) in [7, 11) is 0. The van der Waals surface area contributed by atoms with Crippen LogP contribution in [0.3, 0.4) is 0 Å². The summed E-state index contributed by atoms with van der Waals surface area (Å²) in [6.45, 7) is 5.71. The third-order valence-corrected chi connectivity index (χ3v) is 5.56. The molecule has 0 atom stereocenters. The fraction of sp³-hybridized carbons (Fsp3) is 0.300. The van der Waals surface area contributed by atoms with Crippen LogP contribution in [-0.4, -0.2) is 34.8 Å². The number of aliphatic imine (C=N–C) groups is 1. The highest BCUT2D eigenvalue weighted by Gasteiger charge is 2.22. The Balaban J connectivity index is 1.43. The van der Waals surface area contributed by atoms with E-state index in [0.717, 1.165) is 40.4 Å². The standard InChI is InChI=1S/C20H21N5OS/c1-13(2)14-3-5-15(6-4-14)23-20(26)24-16-7-9-25(11-16)19-18-17(8-10-27-18)21-12-22-19/h3-6,8,10,12-13H,7,9,11H2,1-2H3,(H,23,26)/b24-16-. The molecule has 0 aliphatic carbocycles. The molecule has 1 aliphatic heterocycles. The van der Waals surface area contributed by atoms with Crippen LogP contribution in [0.1, 0.15) is 31.7 Å². The molecule has 0 unspecified atom stereocenters. The minimum Gasteiger partial charge on any atom is -0.349 e. The number of thiophene rings is 1. The lowest BCUT2D eigenvalue weighted by atomic mass is 10.0. The molecule has 1 saturated heterocycles. The van der Waals surface area contributed by atoms with Gasteiger partial charge in [-0.3, -0.25) is 0 Å². The maximum Gasteiger partial charge on any atom is 0.345 e. The summed E-state index contributed by atoms with van der Waals surface area (Å²) >= 11 is 1.63. The highest BCUT2D eigenvalue weighted by molar-refractivity contribution is 7.17. The highest BCUT2D eigenvalue weighted by atomic mass is 32.1. The van der Waals surface area contributed by atoms with Crippen LogP contribution in [0.25, 0.3) is 10.2 Å². The zero-order valence-corrected chi connectivity index (χ0v) is 16.2. The van der Waals surface area contributed by atoms with E-state index in [1.54, 1.807) is 17.7 Å². The zero-order valence-electron chi connectivity index (χ0n) is 15.3. The van der Waals surface area contributed by atoms with Crippen molar-refractivity contribution in [1.29, 1.82) is 0 Å². The predicted octanol–water partition coefficient (Wildman–Crippen LogP) is 4.70.